The van der Waals surface area contributed by atoms with Crippen LogP contribution in [0.15, 0.2) is 65.5 Å². The van der Waals surface area contributed by atoms with Gasteiger partial charge >= 0.3 is 11.9 Å². The lowest BCUT2D eigenvalue weighted by Gasteiger charge is -2.53. The summed E-state index contributed by atoms with van der Waals surface area (Å²) in [6.07, 6.45) is 3.12. The number of fused-ring (bicyclic) bond motifs is 7. The number of aromatic nitrogens is 2. The second-order valence-corrected chi connectivity index (χ2v) is 25.1. The number of carbonyl (C=O) groups excluding carboxylic acids is 3. The molecule has 5 fully saturated rings. The van der Waals surface area contributed by atoms with Gasteiger partial charge in [-0.05, 0) is 102 Å². The Morgan fingerprint density at radius 3 is 2.30 bits per heavy atom. The largest absolute Gasteiger partial charge is 0.511 e. The molecule has 79 heavy (non-hydrogen) atoms. The Bertz CT molecular complexity index is 2970. The van der Waals surface area contributed by atoms with Gasteiger partial charge in [0.1, 0.15) is 46.0 Å². The number of aromatic amines is 2. The van der Waals surface area contributed by atoms with E-state index in [4.69, 9.17) is 38.9 Å². The summed E-state index contributed by atoms with van der Waals surface area (Å²) in [7, 11) is 0. The summed E-state index contributed by atoms with van der Waals surface area (Å²) in [5.74, 6) is -4.95. The molecule has 11 rings (SSSR count). The van der Waals surface area contributed by atoms with E-state index in [0.29, 0.717) is 37.8 Å². The third-order valence-electron chi connectivity index (χ3n) is 20.2. The number of allylic oxidation sites excluding steroid dienone is 2. The van der Waals surface area contributed by atoms with Crippen molar-refractivity contribution in [3.05, 3.63) is 71.2 Å². The minimum absolute atomic E-state index is 0.0482. The fourth-order valence-electron chi connectivity index (χ4n) is 15.5. The van der Waals surface area contributed by atoms with Crippen LogP contribution in [0.3, 0.4) is 0 Å². The topological polar surface area (TPSA) is 283 Å². The fraction of sp³-hybridized carbons (Fsp3) is 0.667. The smallest absolute Gasteiger partial charge is 0.355 e. The second-order valence-electron chi connectivity index (χ2n) is 25.1. The first-order valence-corrected chi connectivity index (χ1v) is 28.8. The number of ketones is 1. The number of rotatable bonds is 10. The summed E-state index contributed by atoms with van der Waals surface area (Å²) in [6, 6.07) is 8.97. The van der Waals surface area contributed by atoms with Gasteiger partial charge < -0.3 is 74.6 Å². The first-order chi connectivity index (χ1) is 37.5. The Morgan fingerprint density at radius 2 is 1.56 bits per heavy atom. The average molecular weight is 1100 g/mol. The van der Waals surface area contributed by atoms with E-state index in [1.54, 1.807) is 46.8 Å². The van der Waals surface area contributed by atoms with Gasteiger partial charge in [0, 0.05) is 57.9 Å². The molecular weight excluding hydrogens is 1020 g/mol. The molecule has 6 heterocycles. The summed E-state index contributed by atoms with van der Waals surface area (Å²) in [5, 5.41) is 51.6. The number of hydrogen-bond acceptors (Lipinski definition) is 15. The highest BCUT2D eigenvalue weighted by Gasteiger charge is 2.66. The number of H-pyrrole nitrogens is 2. The number of hydrogen-bond donors (Lipinski definition) is 8. The van der Waals surface area contributed by atoms with Gasteiger partial charge in [0.2, 0.25) is 0 Å². The van der Waals surface area contributed by atoms with Crippen molar-refractivity contribution in [2.45, 2.75) is 211 Å². The van der Waals surface area contributed by atoms with Crippen molar-refractivity contribution in [1.29, 1.82) is 0 Å². The molecule has 1 aromatic carbocycles. The Morgan fingerprint density at radius 1 is 0.823 bits per heavy atom. The van der Waals surface area contributed by atoms with Gasteiger partial charge in [-0.1, -0.05) is 77.0 Å². The highest BCUT2D eigenvalue weighted by molar-refractivity contribution is 6.29. The zero-order chi connectivity index (χ0) is 56.2. The lowest BCUT2D eigenvalue weighted by atomic mass is 9.53. The molecule has 0 radical (unpaired) electrons. The van der Waals surface area contributed by atoms with E-state index >= 15 is 4.79 Å². The summed E-state index contributed by atoms with van der Waals surface area (Å²) in [4.78, 5) is 62.0. The van der Waals surface area contributed by atoms with Gasteiger partial charge in [-0.3, -0.25) is 9.59 Å². The van der Waals surface area contributed by atoms with Crippen molar-refractivity contribution in [2.75, 3.05) is 0 Å². The zero-order valence-corrected chi connectivity index (χ0v) is 46.6. The van der Waals surface area contributed by atoms with Gasteiger partial charge in [-0.15, -0.1) is 0 Å². The maximum absolute atomic E-state index is 15.1. The molecule has 4 aliphatic carbocycles. The second kappa shape index (κ2) is 20.8. The predicted molar refractivity (Wildman–Crippen MR) is 288 cm³/mol. The minimum Gasteiger partial charge on any atom is -0.511 e. The van der Waals surface area contributed by atoms with Crippen LogP contribution in [0.25, 0.3) is 21.9 Å². The molecule has 1 amide bonds. The normalized spacial score (nSPS) is 44.5. The third kappa shape index (κ3) is 9.49. The number of nitrogens with two attached hydrogens (primary N) is 1. The van der Waals surface area contributed by atoms with Crippen molar-refractivity contribution in [1.82, 2.24) is 15.3 Å². The number of para-hydroxylation sites is 1. The van der Waals surface area contributed by atoms with Gasteiger partial charge in [-0.2, -0.15) is 0 Å². The summed E-state index contributed by atoms with van der Waals surface area (Å²) in [5.41, 5.74) is 3.40. The van der Waals surface area contributed by atoms with Crippen molar-refractivity contribution in [3.8, 4) is 0 Å². The first-order valence-electron chi connectivity index (χ1n) is 28.8. The lowest BCUT2D eigenvalue weighted by Crippen LogP contribution is -2.61. The maximum atomic E-state index is 15.1. The molecule has 2 aromatic heterocycles. The average Bonchev–Trinajstić information content (AvgIpc) is 3.58. The summed E-state index contributed by atoms with van der Waals surface area (Å²) < 4.78 is 45.3. The van der Waals surface area contributed by atoms with Gasteiger partial charge in [0.15, 0.2) is 24.7 Å². The van der Waals surface area contributed by atoms with Crippen molar-refractivity contribution in [3.63, 3.8) is 0 Å². The fourth-order valence-corrected chi connectivity index (χ4v) is 15.5. The molecule has 10 unspecified atom stereocenters. The van der Waals surface area contributed by atoms with E-state index in [1.807, 2.05) is 51.1 Å². The number of aliphatic hydroxyl groups is 3. The molecule has 1 saturated carbocycles. The number of aliphatic hydroxyl groups excluding tert-OH is 3. The van der Waals surface area contributed by atoms with Gasteiger partial charge in [0.25, 0.3) is 5.91 Å². The van der Waals surface area contributed by atoms with Crippen LogP contribution in [0, 0.1) is 40.4 Å². The molecule has 9 N–H and O–H groups in total. The Kier molecular flexibility index (Phi) is 14.7. The van der Waals surface area contributed by atoms with Crippen LogP contribution >= 0.6 is 0 Å². The van der Waals surface area contributed by atoms with E-state index in [2.05, 4.69) is 21.4 Å². The van der Waals surface area contributed by atoms with Crippen LogP contribution in [0.1, 0.15) is 137 Å². The molecule has 19 heteroatoms. The van der Waals surface area contributed by atoms with Crippen molar-refractivity contribution < 1.29 is 72.8 Å². The lowest BCUT2D eigenvalue weighted by molar-refractivity contribution is -0.343. The van der Waals surface area contributed by atoms with Crippen LogP contribution in [0.4, 0.5) is 0 Å². The van der Waals surface area contributed by atoms with Gasteiger partial charge in [0.05, 0.1) is 42.7 Å². The molecule has 8 aliphatic rings. The van der Waals surface area contributed by atoms with E-state index in [1.165, 1.54) is 0 Å². The van der Waals surface area contributed by atoms with Crippen LogP contribution in [0.2, 0.25) is 0 Å². The predicted octanol–water partition coefficient (Wildman–Crippen LogP) is 7.30. The van der Waals surface area contributed by atoms with Gasteiger partial charge in [-0.25, -0.2) is 9.59 Å². The number of Topliss-reactive ketones (excluding diaryl/α,β-unsaturated/α-hetero) is 1. The maximum Gasteiger partial charge on any atom is 0.355 e. The Labute approximate surface area is 460 Å². The number of aliphatic carboxylic acids is 1. The minimum atomic E-state index is -1.51. The SMILES string of the molecule is CCC1CC2(C)C=C(C(=O)O)C(C)CC23NC(=O)/C(=C(/O)C2(C)C(C=CC4C(O[C@H]5CC[C@@H](O[C@@H]6C[C@@](C)(O[C@@H]7C[C@H](OC(=O)c8cc9c([nH]8)[nH]c8ccccc89)[C@H](N)[C@H](C)O7)[C@@H](O)[C@H](C)O6)[C@@H](C)O5)CCCC42)CC1O)C3=O. The molecular formula is C60H80N4O15. The number of carboxylic acids is 1. The number of benzene rings is 1. The summed E-state index contributed by atoms with van der Waals surface area (Å²) >= 11 is 0. The van der Waals surface area contributed by atoms with Crippen LogP contribution in [0.5, 0.6) is 0 Å². The quantitative estimate of drug-likeness (QED) is 0.0562. The van der Waals surface area contributed by atoms with E-state index in [0.717, 1.165) is 22.7 Å². The molecule has 1 spiro atoms. The van der Waals surface area contributed by atoms with Crippen LogP contribution < -0.4 is 11.1 Å². The molecule has 4 saturated heterocycles. The van der Waals surface area contributed by atoms with E-state index in [9.17, 15) is 34.8 Å². The zero-order valence-electron chi connectivity index (χ0n) is 46.6. The molecule has 21 atom stereocenters. The molecule has 3 aromatic rings. The molecule has 2 bridgehead atoms. The van der Waals surface area contributed by atoms with Crippen LogP contribution in [-0.2, 0) is 47.5 Å². The summed E-state index contributed by atoms with van der Waals surface area (Å²) in [6.45, 7) is 14.7. The monoisotopic (exact) mass is 1100 g/mol. The van der Waals surface area contributed by atoms with E-state index in [-0.39, 0.29) is 78.6 Å². The third-order valence-corrected chi connectivity index (χ3v) is 20.2. The number of carbonyl (C=O) groups is 4. The molecule has 4 aliphatic heterocycles. The standard InChI is InChI=1S/C60H80N4O15/c1-9-32-25-57(6)26-37(55(70)71)28(2)24-60(57)52(68)48(54(69)64-60)51(67)59(8)33(21-41(32)65)17-18-35-38(59)14-12-16-43(35)77-45-20-19-42(29(3)73-45)76-47-27-58(7,50(66)31(5)75-47)79-46-23-44(49(61)30(4)74-46)78-56(72)40-22-36-34-13-10-11-15-39(34)62-53(36)63-40/h10-11,13,15,17-18,22,26,28-33,35,38,41-47,49-50,62-63,65-67H,9,12,14,16,19-21,23-25,27,61H2,1-8H3,(H,64,69)(H,70,71)/b51-48+/t28?,29-,30+,31+,32?,33?,35?,38?,41?,42-,43?,44+,45+,46-,47-,49-,50+,57?,58-,59?,60?/m1/s1. The highest BCUT2D eigenvalue weighted by atomic mass is 16.7. The van der Waals surface area contributed by atoms with Crippen LogP contribution in [-0.4, -0.2) is 139 Å². The Hall–Kier alpha value is -4.96. The number of nitrogens with one attached hydrogen (secondary N) is 3. The van der Waals surface area contributed by atoms with Crippen molar-refractivity contribution >= 4 is 45.6 Å². The molecule has 19 nitrogen and oxygen atoms in total. The molecule has 430 valence electrons. The number of ether oxygens (including phenoxy) is 7. The van der Waals surface area contributed by atoms with Crippen molar-refractivity contribution in [2.24, 2.45) is 46.2 Å². The Balaban J connectivity index is 0.751. The highest BCUT2D eigenvalue weighted by Crippen LogP contribution is 2.60. The van der Waals surface area contributed by atoms with E-state index < -0.39 is 125 Å². The first kappa shape index (κ1) is 55.9. The number of carboxylic acid groups (broad SMARTS) is 1. The number of esters is 1. The number of amides is 1.